The average Bonchev–Trinajstić information content (AvgIpc) is 3.24. The highest BCUT2D eigenvalue weighted by atomic mass is 16.3. The monoisotopic (exact) mass is 455 g/mol. The van der Waals surface area contributed by atoms with Crippen LogP contribution in [0.25, 0.3) is 22.3 Å². The van der Waals surface area contributed by atoms with Gasteiger partial charge in [0.1, 0.15) is 11.5 Å². The maximum Gasteiger partial charge on any atom is 0.225 e. The fraction of sp³-hybridized carbons (Fsp3) is 0.320. The van der Waals surface area contributed by atoms with Crippen LogP contribution in [0.3, 0.4) is 0 Å². The molecule has 2 aliphatic rings. The highest BCUT2D eigenvalue weighted by Gasteiger charge is 2.30. The first kappa shape index (κ1) is 20.6. The van der Waals surface area contributed by atoms with Gasteiger partial charge in [-0.25, -0.2) is 9.97 Å². The lowest BCUT2D eigenvalue weighted by molar-refractivity contribution is -0.119. The number of rotatable bonds is 3. The second-order valence-corrected chi connectivity index (χ2v) is 8.91. The average molecular weight is 456 g/mol. The molecule has 3 aromatic heterocycles. The number of piperidine rings is 1. The molecule has 0 radical (unpaired) electrons. The van der Waals surface area contributed by atoms with Gasteiger partial charge in [-0.15, -0.1) is 10.2 Å². The van der Waals surface area contributed by atoms with Crippen molar-refractivity contribution < 1.29 is 9.90 Å². The van der Waals surface area contributed by atoms with Crippen LogP contribution in [-0.2, 0) is 11.2 Å². The lowest BCUT2D eigenvalue weighted by atomic mass is 9.97. The van der Waals surface area contributed by atoms with E-state index in [1.807, 2.05) is 30.6 Å². The number of nitrogens with zero attached hydrogens (tertiary/aromatic N) is 6. The van der Waals surface area contributed by atoms with Crippen molar-refractivity contribution in [3.05, 3.63) is 54.0 Å². The molecule has 0 amide bonds. The number of phenols is 1. The van der Waals surface area contributed by atoms with Crippen molar-refractivity contribution >= 4 is 28.5 Å². The van der Waals surface area contributed by atoms with Crippen LogP contribution in [0.5, 0.6) is 5.75 Å². The topological polar surface area (TPSA) is 111 Å². The first-order valence-corrected chi connectivity index (χ1v) is 11.6. The smallest absolute Gasteiger partial charge is 0.225 e. The van der Waals surface area contributed by atoms with Gasteiger partial charge < -0.3 is 19.9 Å². The van der Waals surface area contributed by atoms with Crippen molar-refractivity contribution in [1.29, 1.82) is 0 Å². The molecular weight excluding hydrogens is 430 g/mol. The summed E-state index contributed by atoms with van der Waals surface area (Å²) in [6.07, 6.45) is 5.70. The maximum atomic E-state index is 11.5. The summed E-state index contributed by atoms with van der Waals surface area (Å²) >= 11 is 0. The third kappa shape index (κ3) is 3.44. The summed E-state index contributed by atoms with van der Waals surface area (Å²) in [4.78, 5) is 28.7. The molecule has 1 atom stereocenters. The summed E-state index contributed by atoms with van der Waals surface area (Å²) in [5, 5.41) is 20.0. The molecule has 172 valence electrons. The van der Waals surface area contributed by atoms with Crippen molar-refractivity contribution in [3.8, 4) is 17.0 Å². The van der Waals surface area contributed by atoms with E-state index in [-0.39, 0.29) is 11.8 Å². The van der Waals surface area contributed by atoms with E-state index < -0.39 is 0 Å². The van der Waals surface area contributed by atoms with Crippen LogP contribution in [0.2, 0.25) is 0 Å². The van der Waals surface area contributed by atoms with Crippen molar-refractivity contribution in [2.75, 3.05) is 29.4 Å². The number of para-hydroxylation sites is 1. The Morgan fingerprint density at radius 3 is 2.56 bits per heavy atom. The van der Waals surface area contributed by atoms with Crippen LogP contribution in [0.15, 0.2) is 42.7 Å². The molecule has 5 heterocycles. The van der Waals surface area contributed by atoms with Crippen LogP contribution in [0.4, 0.5) is 11.6 Å². The number of aromatic amines is 1. The van der Waals surface area contributed by atoms with Gasteiger partial charge in [-0.05, 0) is 25.1 Å². The normalized spacial score (nSPS) is 18.4. The van der Waals surface area contributed by atoms with Crippen molar-refractivity contribution in [3.63, 3.8) is 0 Å². The molecule has 9 heteroatoms. The van der Waals surface area contributed by atoms with Crippen LogP contribution in [0, 0.1) is 0 Å². The molecule has 9 nitrogen and oxygen atoms in total. The van der Waals surface area contributed by atoms with Crippen LogP contribution in [-0.4, -0.2) is 55.7 Å². The molecule has 34 heavy (non-hydrogen) atoms. The van der Waals surface area contributed by atoms with Gasteiger partial charge in [0, 0.05) is 61.1 Å². The van der Waals surface area contributed by atoms with Crippen molar-refractivity contribution in [2.45, 2.75) is 32.2 Å². The lowest BCUT2D eigenvalue weighted by Crippen LogP contribution is -2.36. The number of aromatic nitrogens is 5. The predicted octanol–water partition coefficient (Wildman–Crippen LogP) is 3.41. The molecule has 1 aromatic carbocycles. The third-order valence-corrected chi connectivity index (χ3v) is 6.91. The number of Topliss-reactive ketones (excluding diaryl/α,β-unsaturated/α-hetero) is 1. The van der Waals surface area contributed by atoms with E-state index in [0.717, 1.165) is 54.0 Å². The highest BCUT2D eigenvalue weighted by Crippen LogP contribution is 2.38. The number of hydrogen-bond acceptors (Lipinski definition) is 8. The standard InChI is InChI=1S/C25H25N7O2/c1-15-23-19-12-21(18-4-2-3-5-22(18)34)29-30-24(19)28-20(23)8-11-32(15)25-26-13-16(14-27-25)31-9-6-17(33)7-10-31/h2-5,12-15,34H,6-11H2,1H3,(H,28,30)/t15-/m1/s1. The quantitative estimate of drug-likeness (QED) is 0.483. The molecule has 0 spiro atoms. The first-order chi connectivity index (χ1) is 16.6. The fourth-order valence-electron chi connectivity index (χ4n) is 5.05. The van der Waals surface area contributed by atoms with Crippen LogP contribution < -0.4 is 9.80 Å². The molecule has 0 bridgehead atoms. The van der Waals surface area contributed by atoms with Gasteiger partial charge in [-0.2, -0.15) is 0 Å². The van der Waals surface area contributed by atoms with E-state index in [4.69, 9.17) is 0 Å². The Kier molecular flexibility index (Phi) is 4.90. The molecule has 0 saturated carbocycles. The Bertz CT molecular complexity index is 1370. The number of H-pyrrole nitrogens is 1. The Morgan fingerprint density at radius 2 is 1.79 bits per heavy atom. The second-order valence-electron chi connectivity index (χ2n) is 8.91. The predicted molar refractivity (Wildman–Crippen MR) is 129 cm³/mol. The molecule has 2 aliphatic heterocycles. The van der Waals surface area contributed by atoms with E-state index in [9.17, 15) is 9.90 Å². The Labute approximate surface area is 196 Å². The Hall–Kier alpha value is -4.01. The lowest BCUT2D eigenvalue weighted by Gasteiger charge is -2.34. The van der Waals surface area contributed by atoms with Gasteiger partial charge in [0.15, 0.2) is 5.65 Å². The Balaban J connectivity index is 1.31. The third-order valence-electron chi connectivity index (χ3n) is 6.91. The summed E-state index contributed by atoms with van der Waals surface area (Å²) in [6, 6.07) is 9.19. The number of hydrogen-bond donors (Lipinski definition) is 2. The summed E-state index contributed by atoms with van der Waals surface area (Å²) in [7, 11) is 0. The number of aromatic hydroxyl groups is 1. The summed E-state index contributed by atoms with van der Waals surface area (Å²) in [5.74, 6) is 1.19. The van der Waals surface area contributed by atoms with E-state index in [2.05, 4.69) is 41.9 Å². The van der Waals surface area contributed by atoms with Gasteiger partial charge in [0.05, 0.1) is 29.8 Å². The SMILES string of the molecule is C[C@@H]1c2c([nH]c3nnc(-c4ccccc4O)cc23)CCN1c1ncc(N2CCC(=O)CC2)cn1. The molecule has 2 N–H and O–H groups in total. The van der Waals surface area contributed by atoms with E-state index in [1.54, 1.807) is 12.1 Å². The van der Waals surface area contributed by atoms with E-state index in [1.165, 1.54) is 0 Å². The van der Waals surface area contributed by atoms with Crippen molar-refractivity contribution in [2.24, 2.45) is 0 Å². The Morgan fingerprint density at radius 1 is 1.03 bits per heavy atom. The minimum Gasteiger partial charge on any atom is -0.507 e. The van der Waals surface area contributed by atoms with E-state index >= 15 is 0 Å². The molecule has 6 rings (SSSR count). The number of nitrogens with one attached hydrogen (secondary N) is 1. The molecule has 0 unspecified atom stereocenters. The van der Waals surface area contributed by atoms with Gasteiger partial charge in [-0.1, -0.05) is 12.1 Å². The summed E-state index contributed by atoms with van der Waals surface area (Å²) < 4.78 is 0. The molecule has 1 fully saturated rings. The number of phenolic OH excluding ortho intramolecular Hbond substituents is 1. The van der Waals surface area contributed by atoms with Crippen LogP contribution >= 0.6 is 0 Å². The second kappa shape index (κ2) is 8.09. The number of ketones is 1. The number of carbonyl (C=O) groups excluding carboxylic acids is 1. The zero-order valence-corrected chi connectivity index (χ0v) is 18.9. The van der Waals surface area contributed by atoms with Crippen LogP contribution in [0.1, 0.15) is 37.1 Å². The van der Waals surface area contributed by atoms with Gasteiger partial charge in [-0.3, -0.25) is 4.79 Å². The number of benzene rings is 1. The largest absolute Gasteiger partial charge is 0.507 e. The zero-order valence-electron chi connectivity index (χ0n) is 18.9. The molecular formula is C25H25N7O2. The first-order valence-electron chi connectivity index (χ1n) is 11.6. The summed E-state index contributed by atoms with van der Waals surface area (Å²) in [5.41, 5.74) is 5.31. The summed E-state index contributed by atoms with van der Waals surface area (Å²) in [6.45, 7) is 4.39. The van der Waals surface area contributed by atoms with Gasteiger partial charge in [0.2, 0.25) is 5.95 Å². The van der Waals surface area contributed by atoms with E-state index in [0.29, 0.717) is 35.8 Å². The number of fused-ring (bicyclic) bond motifs is 3. The van der Waals surface area contributed by atoms with Gasteiger partial charge >= 0.3 is 0 Å². The zero-order chi connectivity index (χ0) is 23.2. The number of carbonyl (C=O) groups is 1. The maximum absolute atomic E-state index is 11.5. The fourth-order valence-corrected chi connectivity index (χ4v) is 5.05. The minimum atomic E-state index is 0.0392. The molecule has 1 saturated heterocycles. The molecule has 0 aliphatic carbocycles. The molecule has 4 aromatic rings. The number of anilines is 2. The van der Waals surface area contributed by atoms with Gasteiger partial charge in [0.25, 0.3) is 0 Å². The van der Waals surface area contributed by atoms with Crippen molar-refractivity contribution in [1.82, 2.24) is 25.1 Å². The highest BCUT2D eigenvalue weighted by molar-refractivity contribution is 5.86. The minimum absolute atomic E-state index is 0.0392.